The highest BCUT2D eigenvalue weighted by Gasteiger charge is 2.24. The first kappa shape index (κ1) is 17.2. The standard InChI is InChI=1S/C16H27N3O2S/c1-13(6-4-10-20)18-16(21)17-12-14(15-7-5-11-22-15)19-8-2-3-9-19/h5,7,11,13-14,20H,2-4,6,8-10,12H2,1H3,(H2,17,18,21). The molecule has 2 rings (SSSR count). The number of urea groups is 1. The van der Waals surface area contributed by atoms with Crippen molar-refractivity contribution in [2.24, 2.45) is 0 Å². The molecule has 2 amide bonds. The van der Waals surface area contributed by atoms with Crippen molar-refractivity contribution in [3.8, 4) is 0 Å². The van der Waals surface area contributed by atoms with Gasteiger partial charge in [0.1, 0.15) is 0 Å². The van der Waals surface area contributed by atoms with Crippen molar-refractivity contribution in [1.29, 1.82) is 0 Å². The lowest BCUT2D eigenvalue weighted by Gasteiger charge is -2.27. The molecule has 0 aliphatic carbocycles. The lowest BCUT2D eigenvalue weighted by molar-refractivity contribution is 0.218. The van der Waals surface area contributed by atoms with E-state index in [-0.39, 0.29) is 24.7 Å². The number of nitrogens with zero attached hydrogens (tertiary/aromatic N) is 1. The average molecular weight is 325 g/mol. The zero-order valence-electron chi connectivity index (χ0n) is 13.3. The van der Waals surface area contributed by atoms with Crippen molar-refractivity contribution in [1.82, 2.24) is 15.5 Å². The number of hydrogen-bond donors (Lipinski definition) is 3. The van der Waals surface area contributed by atoms with E-state index in [2.05, 4.69) is 33.0 Å². The molecule has 1 aliphatic heterocycles. The number of nitrogens with one attached hydrogen (secondary N) is 2. The summed E-state index contributed by atoms with van der Waals surface area (Å²) in [6.45, 7) is 4.99. The normalized spacial score (nSPS) is 18.1. The zero-order chi connectivity index (χ0) is 15.8. The molecule has 0 aromatic carbocycles. The van der Waals surface area contributed by atoms with Gasteiger partial charge in [0.2, 0.25) is 0 Å². The van der Waals surface area contributed by atoms with Gasteiger partial charge in [0.25, 0.3) is 0 Å². The van der Waals surface area contributed by atoms with Crippen molar-refractivity contribution in [3.63, 3.8) is 0 Å². The Kier molecular flexibility index (Phi) is 7.15. The van der Waals surface area contributed by atoms with Gasteiger partial charge < -0.3 is 15.7 Å². The molecule has 22 heavy (non-hydrogen) atoms. The molecule has 1 aromatic rings. The highest BCUT2D eigenvalue weighted by molar-refractivity contribution is 7.10. The second kappa shape index (κ2) is 9.12. The number of likely N-dealkylation sites (tertiary alicyclic amines) is 1. The fourth-order valence-corrected chi connectivity index (χ4v) is 3.74. The maximum atomic E-state index is 12.0. The van der Waals surface area contributed by atoms with E-state index < -0.39 is 0 Å². The van der Waals surface area contributed by atoms with Crippen molar-refractivity contribution in [2.75, 3.05) is 26.2 Å². The largest absolute Gasteiger partial charge is 0.396 e. The highest BCUT2D eigenvalue weighted by Crippen LogP contribution is 2.27. The SMILES string of the molecule is CC(CCCO)NC(=O)NCC(c1cccs1)N1CCCC1. The molecule has 2 heterocycles. The topological polar surface area (TPSA) is 64.6 Å². The average Bonchev–Trinajstić information content (AvgIpc) is 3.19. The molecule has 1 aliphatic rings. The number of aliphatic hydroxyl groups is 1. The fraction of sp³-hybridized carbons (Fsp3) is 0.688. The van der Waals surface area contributed by atoms with E-state index in [4.69, 9.17) is 5.11 Å². The molecule has 0 spiro atoms. The van der Waals surface area contributed by atoms with Gasteiger partial charge in [-0.3, -0.25) is 4.90 Å². The van der Waals surface area contributed by atoms with Crippen molar-refractivity contribution >= 4 is 17.4 Å². The van der Waals surface area contributed by atoms with E-state index >= 15 is 0 Å². The minimum atomic E-state index is -0.119. The first-order valence-corrected chi connectivity index (χ1v) is 9.01. The van der Waals surface area contributed by atoms with Crippen molar-refractivity contribution < 1.29 is 9.90 Å². The predicted molar refractivity (Wildman–Crippen MR) is 90.2 cm³/mol. The Hall–Kier alpha value is -1.11. The lowest BCUT2D eigenvalue weighted by atomic mass is 10.2. The summed E-state index contributed by atoms with van der Waals surface area (Å²) in [4.78, 5) is 15.8. The lowest BCUT2D eigenvalue weighted by Crippen LogP contribution is -2.44. The van der Waals surface area contributed by atoms with E-state index in [1.165, 1.54) is 17.7 Å². The predicted octanol–water partition coefficient (Wildman–Crippen LogP) is 2.35. The third-order valence-electron chi connectivity index (χ3n) is 4.08. The Morgan fingerprint density at radius 3 is 2.86 bits per heavy atom. The summed E-state index contributed by atoms with van der Waals surface area (Å²) in [5, 5.41) is 16.8. The monoisotopic (exact) mass is 325 g/mol. The first-order valence-electron chi connectivity index (χ1n) is 8.13. The van der Waals surface area contributed by atoms with Crippen LogP contribution in [0.1, 0.15) is 43.5 Å². The number of thiophene rings is 1. The third-order valence-corrected chi connectivity index (χ3v) is 5.06. The minimum Gasteiger partial charge on any atom is -0.396 e. The number of hydrogen-bond acceptors (Lipinski definition) is 4. The van der Waals surface area contributed by atoms with Gasteiger partial charge in [-0.15, -0.1) is 11.3 Å². The Morgan fingerprint density at radius 1 is 1.45 bits per heavy atom. The van der Waals surface area contributed by atoms with Crippen LogP contribution >= 0.6 is 11.3 Å². The van der Waals surface area contributed by atoms with Crippen LogP contribution in [0.3, 0.4) is 0 Å². The first-order chi connectivity index (χ1) is 10.7. The molecule has 3 N–H and O–H groups in total. The van der Waals surface area contributed by atoms with Crippen LogP contribution in [0.15, 0.2) is 17.5 Å². The quantitative estimate of drug-likeness (QED) is 0.687. The van der Waals surface area contributed by atoms with Gasteiger partial charge in [0, 0.05) is 24.1 Å². The van der Waals surface area contributed by atoms with Crippen LogP contribution in [0.5, 0.6) is 0 Å². The molecule has 1 fully saturated rings. The molecular formula is C16H27N3O2S. The van der Waals surface area contributed by atoms with E-state index in [1.54, 1.807) is 11.3 Å². The van der Waals surface area contributed by atoms with Gasteiger partial charge in [0.05, 0.1) is 6.04 Å². The van der Waals surface area contributed by atoms with Gasteiger partial charge in [-0.2, -0.15) is 0 Å². The van der Waals surface area contributed by atoms with Gasteiger partial charge in [-0.1, -0.05) is 6.07 Å². The Labute approximate surface area is 136 Å². The van der Waals surface area contributed by atoms with E-state index in [1.807, 2.05) is 6.92 Å². The highest BCUT2D eigenvalue weighted by atomic mass is 32.1. The number of carbonyl (C=O) groups excluding carboxylic acids is 1. The minimum absolute atomic E-state index is 0.0825. The van der Waals surface area contributed by atoms with Crippen molar-refractivity contribution in [3.05, 3.63) is 22.4 Å². The molecular weight excluding hydrogens is 298 g/mol. The molecule has 0 saturated carbocycles. The maximum absolute atomic E-state index is 12.0. The molecule has 1 saturated heterocycles. The van der Waals surface area contributed by atoms with Crippen LogP contribution < -0.4 is 10.6 Å². The summed E-state index contributed by atoms with van der Waals surface area (Å²) in [6.07, 6.45) is 4.00. The molecule has 2 unspecified atom stereocenters. The number of aliphatic hydroxyl groups excluding tert-OH is 1. The Morgan fingerprint density at radius 2 is 2.23 bits per heavy atom. The maximum Gasteiger partial charge on any atom is 0.315 e. The van der Waals surface area contributed by atoms with Crippen LogP contribution in [0.25, 0.3) is 0 Å². The molecule has 2 atom stereocenters. The molecule has 124 valence electrons. The molecule has 1 aromatic heterocycles. The van der Waals surface area contributed by atoms with E-state index in [0.29, 0.717) is 13.0 Å². The Balaban J connectivity index is 1.82. The van der Waals surface area contributed by atoms with Gasteiger partial charge in [-0.25, -0.2) is 4.79 Å². The van der Waals surface area contributed by atoms with Crippen molar-refractivity contribution in [2.45, 2.75) is 44.7 Å². The Bertz CT molecular complexity index is 433. The summed E-state index contributed by atoms with van der Waals surface area (Å²) in [6, 6.07) is 4.46. The van der Waals surface area contributed by atoms with E-state index in [0.717, 1.165) is 19.5 Å². The summed E-state index contributed by atoms with van der Waals surface area (Å²) >= 11 is 1.75. The summed E-state index contributed by atoms with van der Waals surface area (Å²) in [7, 11) is 0. The number of carbonyl (C=O) groups is 1. The van der Waals surface area contributed by atoms with Gasteiger partial charge >= 0.3 is 6.03 Å². The molecule has 6 heteroatoms. The number of rotatable bonds is 8. The summed E-state index contributed by atoms with van der Waals surface area (Å²) in [5.41, 5.74) is 0. The second-order valence-corrected chi connectivity index (χ2v) is 6.87. The van der Waals surface area contributed by atoms with Crippen LogP contribution in [0, 0.1) is 0 Å². The second-order valence-electron chi connectivity index (χ2n) is 5.90. The van der Waals surface area contributed by atoms with Gasteiger partial charge in [0.15, 0.2) is 0 Å². The van der Waals surface area contributed by atoms with Crippen LogP contribution in [0.2, 0.25) is 0 Å². The third kappa shape index (κ3) is 5.26. The van der Waals surface area contributed by atoms with Gasteiger partial charge in [-0.05, 0) is 57.1 Å². The van der Waals surface area contributed by atoms with Crippen LogP contribution in [-0.4, -0.2) is 48.3 Å². The summed E-state index contributed by atoms with van der Waals surface area (Å²) < 4.78 is 0. The van der Waals surface area contributed by atoms with Crippen LogP contribution in [0.4, 0.5) is 4.79 Å². The van der Waals surface area contributed by atoms with Crippen LogP contribution in [-0.2, 0) is 0 Å². The molecule has 5 nitrogen and oxygen atoms in total. The molecule has 0 radical (unpaired) electrons. The number of amides is 2. The smallest absolute Gasteiger partial charge is 0.315 e. The fourth-order valence-electron chi connectivity index (χ4n) is 2.88. The van der Waals surface area contributed by atoms with E-state index in [9.17, 15) is 4.79 Å². The molecule has 0 bridgehead atoms. The summed E-state index contributed by atoms with van der Waals surface area (Å²) in [5.74, 6) is 0. The zero-order valence-corrected chi connectivity index (χ0v) is 14.1.